The number of fused-ring (bicyclic) bond motifs is 1. The number of anilines is 1. The van der Waals surface area contributed by atoms with Crippen molar-refractivity contribution in [3.05, 3.63) is 82.9 Å². The molecule has 5 rings (SSSR count). The number of carbonyl (C=O) groups excluding carboxylic acids is 2. The molecule has 1 atom stereocenters. The number of hydrogen-bond acceptors (Lipinski definition) is 8. The Bertz CT molecular complexity index is 1660. The van der Waals surface area contributed by atoms with Gasteiger partial charge >= 0.3 is 5.91 Å². The normalized spacial score (nSPS) is 16.4. The van der Waals surface area contributed by atoms with Crippen LogP contribution in [0, 0.1) is 12.8 Å². The summed E-state index contributed by atoms with van der Waals surface area (Å²) < 4.78 is 18.1. The predicted octanol–water partition coefficient (Wildman–Crippen LogP) is 7.06. The first kappa shape index (κ1) is 29.1. The highest BCUT2D eigenvalue weighted by Gasteiger charge is 2.48. The second-order valence-corrected chi connectivity index (χ2v) is 11.5. The van der Waals surface area contributed by atoms with Gasteiger partial charge in [-0.2, -0.15) is 0 Å². The van der Waals surface area contributed by atoms with Crippen LogP contribution in [0.4, 0.5) is 5.13 Å². The molecule has 1 aliphatic rings. The third-order valence-corrected chi connectivity index (χ3v) is 8.10. The van der Waals surface area contributed by atoms with E-state index in [1.807, 2.05) is 32.0 Å². The topological polar surface area (TPSA) is 98.2 Å². The number of thiazole rings is 1. The van der Waals surface area contributed by atoms with E-state index in [1.54, 1.807) is 49.6 Å². The third kappa shape index (κ3) is 5.69. The van der Waals surface area contributed by atoms with E-state index in [9.17, 15) is 14.7 Å². The van der Waals surface area contributed by atoms with Crippen molar-refractivity contribution in [2.75, 3.05) is 25.2 Å². The molecule has 8 nitrogen and oxygen atoms in total. The van der Waals surface area contributed by atoms with Gasteiger partial charge in [0, 0.05) is 5.56 Å². The molecule has 1 unspecified atom stereocenters. The number of carbonyl (C=O) groups is 2. The smallest absolute Gasteiger partial charge is 0.301 e. The first-order chi connectivity index (χ1) is 20.2. The zero-order valence-electron chi connectivity index (χ0n) is 24.3. The molecule has 218 valence electrons. The van der Waals surface area contributed by atoms with Crippen molar-refractivity contribution < 1.29 is 28.9 Å². The predicted molar refractivity (Wildman–Crippen MR) is 165 cm³/mol. The number of Topliss-reactive ketones (excluding diaryl/α,β-unsaturated/α-hetero) is 1. The molecular formula is C33H34N2O6S. The first-order valence-electron chi connectivity index (χ1n) is 13.9. The number of aromatic nitrogens is 1. The molecule has 42 heavy (non-hydrogen) atoms. The molecule has 4 aromatic rings. The van der Waals surface area contributed by atoms with Crippen LogP contribution >= 0.6 is 11.3 Å². The van der Waals surface area contributed by atoms with Gasteiger partial charge in [0.1, 0.15) is 11.5 Å². The average Bonchev–Trinajstić information content (AvgIpc) is 3.50. The molecule has 1 amide bonds. The summed E-state index contributed by atoms with van der Waals surface area (Å²) in [7, 11) is 1.54. The molecule has 1 aliphatic heterocycles. The molecule has 3 aromatic carbocycles. The molecule has 0 radical (unpaired) electrons. The van der Waals surface area contributed by atoms with Gasteiger partial charge in [0.05, 0.1) is 42.2 Å². The van der Waals surface area contributed by atoms with Gasteiger partial charge in [-0.3, -0.25) is 14.5 Å². The maximum atomic E-state index is 13.7. The lowest BCUT2D eigenvalue weighted by Gasteiger charge is -2.24. The number of hydrogen-bond donors (Lipinski definition) is 1. The van der Waals surface area contributed by atoms with E-state index >= 15 is 0 Å². The second kappa shape index (κ2) is 12.2. The van der Waals surface area contributed by atoms with E-state index in [0.717, 1.165) is 22.2 Å². The van der Waals surface area contributed by atoms with Crippen LogP contribution in [0.2, 0.25) is 0 Å². The highest BCUT2D eigenvalue weighted by Crippen LogP contribution is 2.46. The monoisotopic (exact) mass is 586 g/mol. The summed E-state index contributed by atoms with van der Waals surface area (Å²) in [4.78, 5) is 33.4. The van der Waals surface area contributed by atoms with Crippen molar-refractivity contribution in [2.24, 2.45) is 5.92 Å². The summed E-state index contributed by atoms with van der Waals surface area (Å²) in [6.45, 7) is 9.14. The summed E-state index contributed by atoms with van der Waals surface area (Å²) in [5.41, 5.74) is 2.71. The highest BCUT2D eigenvalue weighted by molar-refractivity contribution is 7.22. The summed E-state index contributed by atoms with van der Waals surface area (Å²) >= 11 is 1.32. The number of aliphatic hydroxyl groups excluding tert-OH is 1. The largest absolute Gasteiger partial charge is 0.507 e. The Morgan fingerprint density at radius 2 is 1.79 bits per heavy atom. The SMILES string of the molecule is CCOc1ccc(C(O)=C2C(=O)C(=O)N(c3nc4ccc(C)cc4s3)C2c2ccc(OCCC(C)C)c(OC)c2)cc1. The second-order valence-electron chi connectivity index (χ2n) is 10.5. The fourth-order valence-electron chi connectivity index (χ4n) is 4.88. The van der Waals surface area contributed by atoms with Crippen molar-refractivity contribution in [1.82, 2.24) is 4.98 Å². The number of aliphatic hydroxyl groups is 1. The molecule has 0 spiro atoms. The van der Waals surface area contributed by atoms with Gasteiger partial charge in [-0.1, -0.05) is 37.3 Å². The van der Waals surface area contributed by atoms with E-state index in [1.165, 1.54) is 16.2 Å². The van der Waals surface area contributed by atoms with Crippen LogP contribution < -0.4 is 19.1 Å². The van der Waals surface area contributed by atoms with Gasteiger partial charge < -0.3 is 19.3 Å². The van der Waals surface area contributed by atoms with Crippen molar-refractivity contribution in [2.45, 2.75) is 40.2 Å². The van der Waals surface area contributed by atoms with Crippen LogP contribution in [0.15, 0.2) is 66.2 Å². The van der Waals surface area contributed by atoms with E-state index in [4.69, 9.17) is 19.2 Å². The molecule has 0 saturated carbocycles. The number of ketones is 1. The Morgan fingerprint density at radius 3 is 2.48 bits per heavy atom. The molecule has 0 bridgehead atoms. The zero-order chi connectivity index (χ0) is 30.0. The lowest BCUT2D eigenvalue weighted by atomic mass is 9.95. The van der Waals surface area contributed by atoms with E-state index in [-0.39, 0.29) is 11.3 Å². The Kier molecular flexibility index (Phi) is 8.49. The van der Waals surface area contributed by atoms with E-state index in [0.29, 0.717) is 52.6 Å². The molecule has 9 heteroatoms. The van der Waals surface area contributed by atoms with Crippen molar-refractivity contribution in [1.29, 1.82) is 0 Å². The Balaban J connectivity index is 1.64. The fraction of sp³-hybridized carbons (Fsp3) is 0.303. The Labute approximate surface area is 249 Å². The fourth-order valence-corrected chi connectivity index (χ4v) is 5.97. The first-order valence-corrected chi connectivity index (χ1v) is 14.8. The van der Waals surface area contributed by atoms with Crippen molar-refractivity contribution >= 4 is 44.1 Å². The standard InChI is InChI=1S/C33H34N2O6S/c1-6-40-23-11-8-21(9-12-23)30(36)28-29(22-10-14-25(26(18-22)39-5)41-16-15-19(2)3)35(32(38)31(28)37)33-34-24-13-7-20(4)17-27(24)42-33/h7-14,17-19,29,36H,6,15-16H2,1-5H3. The number of aryl methyl sites for hydroxylation is 1. The average molecular weight is 587 g/mol. The van der Waals surface area contributed by atoms with Crippen LogP contribution in [0.5, 0.6) is 17.2 Å². The minimum atomic E-state index is -0.947. The molecule has 1 N–H and O–H groups in total. The lowest BCUT2D eigenvalue weighted by molar-refractivity contribution is -0.132. The van der Waals surface area contributed by atoms with Gasteiger partial charge in [-0.15, -0.1) is 0 Å². The molecular weight excluding hydrogens is 552 g/mol. The van der Waals surface area contributed by atoms with Crippen LogP contribution in [0.1, 0.15) is 49.9 Å². The number of amides is 1. The Morgan fingerprint density at radius 1 is 1.02 bits per heavy atom. The summed E-state index contributed by atoms with van der Waals surface area (Å²) in [6.07, 6.45) is 0.879. The van der Waals surface area contributed by atoms with Gasteiger partial charge in [-0.25, -0.2) is 4.98 Å². The molecule has 2 heterocycles. The summed E-state index contributed by atoms with van der Waals surface area (Å²) in [5, 5.41) is 11.9. The number of methoxy groups -OCH3 is 1. The zero-order valence-corrected chi connectivity index (χ0v) is 25.2. The minimum Gasteiger partial charge on any atom is -0.507 e. The van der Waals surface area contributed by atoms with Crippen LogP contribution in [0.3, 0.4) is 0 Å². The van der Waals surface area contributed by atoms with Gasteiger partial charge in [0.25, 0.3) is 5.78 Å². The summed E-state index contributed by atoms with van der Waals surface area (Å²) in [5.74, 6) is 0.294. The number of rotatable bonds is 10. The molecule has 1 saturated heterocycles. The van der Waals surface area contributed by atoms with Crippen molar-refractivity contribution in [3.63, 3.8) is 0 Å². The number of nitrogens with zero attached hydrogens (tertiary/aromatic N) is 2. The molecule has 1 aromatic heterocycles. The van der Waals surface area contributed by atoms with Crippen LogP contribution in [-0.4, -0.2) is 42.1 Å². The quantitative estimate of drug-likeness (QED) is 0.121. The third-order valence-electron chi connectivity index (χ3n) is 7.08. The van der Waals surface area contributed by atoms with Crippen LogP contribution in [0.25, 0.3) is 16.0 Å². The molecule has 1 fully saturated rings. The summed E-state index contributed by atoms with van der Waals surface area (Å²) in [6, 6.07) is 17.0. The maximum absolute atomic E-state index is 13.7. The van der Waals surface area contributed by atoms with Gasteiger partial charge in [0.2, 0.25) is 0 Å². The minimum absolute atomic E-state index is 0.0323. The lowest BCUT2D eigenvalue weighted by Crippen LogP contribution is -2.29. The van der Waals surface area contributed by atoms with Gasteiger partial charge in [-0.05, 0) is 85.8 Å². The number of ether oxygens (including phenoxy) is 3. The molecule has 0 aliphatic carbocycles. The van der Waals surface area contributed by atoms with Gasteiger partial charge in [0.15, 0.2) is 16.6 Å². The number of benzene rings is 3. The Hall–Kier alpha value is -4.37. The van der Waals surface area contributed by atoms with E-state index < -0.39 is 17.7 Å². The maximum Gasteiger partial charge on any atom is 0.301 e. The van der Waals surface area contributed by atoms with E-state index in [2.05, 4.69) is 13.8 Å². The van der Waals surface area contributed by atoms with Crippen LogP contribution in [-0.2, 0) is 9.59 Å². The highest BCUT2D eigenvalue weighted by atomic mass is 32.1. The van der Waals surface area contributed by atoms with Crippen molar-refractivity contribution in [3.8, 4) is 17.2 Å².